The average molecular weight is 392 g/mol. The molecule has 0 aromatic heterocycles. The zero-order chi connectivity index (χ0) is 18.0. The summed E-state index contributed by atoms with van der Waals surface area (Å²) in [5.41, 5.74) is 2.28. The number of benzene rings is 1. The second-order valence-corrected chi connectivity index (χ2v) is 8.14. The number of hydrogen-bond donors (Lipinski definition) is 2. The monoisotopic (exact) mass is 391 g/mol. The number of anilines is 1. The first-order valence-corrected chi connectivity index (χ1v) is 10.0. The Bertz CT molecular complexity index is 665. The molecule has 148 valence electrons. The van der Waals surface area contributed by atoms with Crippen LogP contribution in [-0.2, 0) is 16.0 Å². The molecule has 3 fully saturated rings. The second kappa shape index (κ2) is 8.61. The zero-order valence-electron chi connectivity index (χ0n) is 15.8. The van der Waals surface area contributed by atoms with Crippen molar-refractivity contribution in [2.24, 2.45) is 11.3 Å². The van der Waals surface area contributed by atoms with Crippen molar-refractivity contribution in [3.8, 4) is 0 Å². The maximum absolute atomic E-state index is 12.5. The zero-order valence-corrected chi connectivity index (χ0v) is 16.7. The lowest BCUT2D eigenvalue weighted by Crippen LogP contribution is -2.31. The van der Waals surface area contributed by atoms with Gasteiger partial charge in [-0.05, 0) is 74.7 Å². The Morgan fingerprint density at radius 2 is 1.78 bits per heavy atom. The number of hydrogen-bond acceptors (Lipinski definition) is 3. The Hall–Kier alpha value is -1.59. The van der Waals surface area contributed by atoms with E-state index in [-0.39, 0.29) is 35.6 Å². The van der Waals surface area contributed by atoms with Gasteiger partial charge in [0, 0.05) is 31.1 Å². The molecule has 5 nitrogen and oxygen atoms in total. The fraction of sp³-hybridized carbons (Fsp3) is 0.619. The Morgan fingerprint density at radius 3 is 2.44 bits per heavy atom. The summed E-state index contributed by atoms with van der Waals surface area (Å²) in [6, 6.07) is 7.98. The van der Waals surface area contributed by atoms with Crippen molar-refractivity contribution in [3.63, 3.8) is 0 Å². The molecule has 2 N–H and O–H groups in total. The molecule has 4 rings (SSSR count). The largest absolute Gasteiger partial charge is 0.343 e. The van der Waals surface area contributed by atoms with Crippen molar-refractivity contribution in [2.75, 3.05) is 31.5 Å². The van der Waals surface area contributed by atoms with Crippen molar-refractivity contribution in [3.05, 3.63) is 29.8 Å². The van der Waals surface area contributed by atoms with E-state index in [9.17, 15) is 9.59 Å². The number of aryl methyl sites for hydroxylation is 1. The summed E-state index contributed by atoms with van der Waals surface area (Å²) >= 11 is 0. The summed E-state index contributed by atoms with van der Waals surface area (Å²) in [4.78, 5) is 26.6. The van der Waals surface area contributed by atoms with E-state index in [1.807, 2.05) is 29.2 Å². The van der Waals surface area contributed by atoms with Crippen LogP contribution in [0.4, 0.5) is 5.69 Å². The van der Waals surface area contributed by atoms with Crippen molar-refractivity contribution in [1.29, 1.82) is 0 Å². The van der Waals surface area contributed by atoms with Gasteiger partial charge in [-0.3, -0.25) is 9.59 Å². The number of rotatable bonds is 5. The van der Waals surface area contributed by atoms with E-state index in [0.717, 1.165) is 76.0 Å². The molecule has 3 aliphatic rings. The molecule has 27 heavy (non-hydrogen) atoms. The van der Waals surface area contributed by atoms with Gasteiger partial charge in [-0.1, -0.05) is 12.1 Å². The average Bonchev–Trinajstić information content (AvgIpc) is 3.09. The standard InChI is InChI=1S/C21H29N3O2.ClH/c25-19(24-13-1-2-14-24)8-5-16-3-6-17(7-4-16)23-20(26)18-15-21(18)9-11-22-12-10-21;/h3-4,6-7,18,22H,1-2,5,8-15H2,(H,23,26);1H. The molecule has 0 radical (unpaired) electrons. The van der Waals surface area contributed by atoms with Crippen LogP contribution in [0.25, 0.3) is 0 Å². The Balaban J connectivity index is 0.00000210. The van der Waals surface area contributed by atoms with Gasteiger partial charge in [-0.15, -0.1) is 12.4 Å². The molecular formula is C21H30ClN3O2. The molecule has 6 heteroatoms. The molecule has 1 atom stereocenters. The third kappa shape index (κ3) is 4.64. The highest BCUT2D eigenvalue weighted by Crippen LogP contribution is 2.58. The van der Waals surface area contributed by atoms with Crippen LogP contribution >= 0.6 is 12.4 Å². The Kier molecular flexibility index (Phi) is 6.43. The molecule has 2 heterocycles. The Labute approximate surface area is 167 Å². The van der Waals surface area contributed by atoms with Crippen LogP contribution in [0, 0.1) is 11.3 Å². The van der Waals surface area contributed by atoms with Crippen LogP contribution in [0.15, 0.2) is 24.3 Å². The molecule has 1 aliphatic carbocycles. The predicted octanol–water partition coefficient (Wildman–Crippen LogP) is 2.99. The van der Waals surface area contributed by atoms with E-state index in [2.05, 4.69) is 10.6 Å². The fourth-order valence-corrected chi connectivity index (χ4v) is 4.56. The van der Waals surface area contributed by atoms with Gasteiger partial charge in [0.05, 0.1) is 0 Å². The van der Waals surface area contributed by atoms with Crippen LogP contribution in [-0.4, -0.2) is 42.9 Å². The van der Waals surface area contributed by atoms with Gasteiger partial charge >= 0.3 is 0 Å². The van der Waals surface area contributed by atoms with Crippen LogP contribution in [0.2, 0.25) is 0 Å². The third-order valence-corrected chi connectivity index (χ3v) is 6.41. The number of nitrogens with zero attached hydrogens (tertiary/aromatic N) is 1. The molecule has 2 saturated heterocycles. The van der Waals surface area contributed by atoms with Gasteiger partial charge in [0.15, 0.2) is 0 Å². The highest BCUT2D eigenvalue weighted by atomic mass is 35.5. The second-order valence-electron chi connectivity index (χ2n) is 8.14. The summed E-state index contributed by atoms with van der Waals surface area (Å²) in [6.07, 6.45) is 6.89. The molecule has 1 aromatic rings. The lowest BCUT2D eigenvalue weighted by Gasteiger charge is -2.23. The molecule has 0 bridgehead atoms. The molecular weight excluding hydrogens is 362 g/mol. The number of carbonyl (C=O) groups is 2. The quantitative estimate of drug-likeness (QED) is 0.811. The maximum atomic E-state index is 12.5. The number of amides is 2. The molecule has 2 aliphatic heterocycles. The first-order valence-electron chi connectivity index (χ1n) is 10.0. The highest BCUT2D eigenvalue weighted by Gasteiger charge is 2.57. The van der Waals surface area contributed by atoms with E-state index < -0.39 is 0 Å². The van der Waals surface area contributed by atoms with Crippen LogP contribution < -0.4 is 10.6 Å². The summed E-state index contributed by atoms with van der Waals surface area (Å²) < 4.78 is 0. The van der Waals surface area contributed by atoms with Crippen molar-refractivity contribution >= 4 is 29.9 Å². The van der Waals surface area contributed by atoms with Gasteiger partial charge in [-0.2, -0.15) is 0 Å². The topological polar surface area (TPSA) is 61.4 Å². The van der Waals surface area contributed by atoms with Crippen molar-refractivity contribution in [1.82, 2.24) is 10.2 Å². The van der Waals surface area contributed by atoms with E-state index in [4.69, 9.17) is 0 Å². The normalized spacial score (nSPS) is 23.0. The minimum absolute atomic E-state index is 0. The fourth-order valence-electron chi connectivity index (χ4n) is 4.56. The number of nitrogens with one attached hydrogen (secondary N) is 2. The van der Waals surface area contributed by atoms with E-state index in [1.165, 1.54) is 0 Å². The highest BCUT2D eigenvalue weighted by molar-refractivity contribution is 5.95. The lowest BCUT2D eigenvalue weighted by atomic mass is 9.92. The van der Waals surface area contributed by atoms with E-state index >= 15 is 0 Å². The van der Waals surface area contributed by atoms with Gasteiger partial charge in [0.2, 0.25) is 11.8 Å². The van der Waals surface area contributed by atoms with E-state index in [1.54, 1.807) is 0 Å². The van der Waals surface area contributed by atoms with Gasteiger partial charge < -0.3 is 15.5 Å². The summed E-state index contributed by atoms with van der Waals surface area (Å²) in [5, 5.41) is 6.45. The Morgan fingerprint density at radius 1 is 1.11 bits per heavy atom. The molecule has 1 saturated carbocycles. The lowest BCUT2D eigenvalue weighted by molar-refractivity contribution is -0.130. The molecule has 1 unspecified atom stereocenters. The summed E-state index contributed by atoms with van der Waals surface area (Å²) in [6.45, 7) is 3.91. The molecule has 1 aromatic carbocycles. The first kappa shape index (κ1) is 20.2. The number of piperidine rings is 1. The number of likely N-dealkylation sites (tertiary alicyclic amines) is 1. The van der Waals surface area contributed by atoms with Crippen LogP contribution in [0.5, 0.6) is 0 Å². The smallest absolute Gasteiger partial charge is 0.228 e. The van der Waals surface area contributed by atoms with Crippen molar-refractivity contribution < 1.29 is 9.59 Å². The van der Waals surface area contributed by atoms with Gasteiger partial charge in [0.1, 0.15) is 0 Å². The minimum Gasteiger partial charge on any atom is -0.343 e. The molecule has 2 amide bonds. The van der Waals surface area contributed by atoms with Gasteiger partial charge in [-0.25, -0.2) is 0 Å². The SMILES string of the molecule is Cl.O=C(Nc1ccc(CCC(=O)N2CCCC2)cc1)C1CC12CCNCC2. The van der Waals surface area contributed by atoms with Crippen LogP contribution in [0.3, 0.4) is 0 Å². The minimum atomic E-state index is 0. The third-order valence-electron chi connectivity index (χ3n) is 6.41. The van der Waals surface area contributed by atoms with E-state index in [0.29, 0.717) is 6.42 Å². The summed E-state index contributed by atoms with van der Waals surface area (Å²) in [5.74, 6) is 0.618. The predicted molar refractivity (Wildman–Crippen MR) is 109 cm³/mol. The maximum Gasteiger partial charge on any atom is 0.228 e. The van der Waals surface area contributed by atoms with Gasteiger partial charge in [0.25, 0.3) is 0 Å². The number of halogens is 1. The first-order chi connectivity index (χ1) is 12.7. The van der Waals surface area contributed by atoms with Crippen LogP contribution in [0.1, 0.15) is 44.1 Å². The number of carbonyl (C=O) groups excluding carboxylic acids is 2. The molecule has 1 spiro atoms. The summed E-state index contributed by atoms with van der Waals surface area (Å²) in [7, 11) is 0. The van der Waals surface area contributed by atoms with Crippen molar-refractivity contribution in [2.45, 2.75) is 44.9 Å².